The average molecular weight is 344 g/mol. The number of hydrogen-bond acceptors (Lipinski definition) is 4. The van der Waals surface area contributed by atoms with Crippen LogP contribution in [-0.4, -0.2) is 54.5 Å². The van der Waals surface area contributed by atoms with Gasteiger partial charge in [0, 0.05) is 13.6 Å². The van der Waals surface area contributed by atoms with Gasteiger partial charge in [0.05, 0.1) is 18.0 Å². The van der Waals surface area contributed by atoms with Gasteiger partial charge < -0.3 is 20.1 Å². The summed E-state index contributed by atoms with van der Waals surface area (Å²) in [5.74, 6) is -3.36. The van der Waals surface area contributed by atoms with E-state index in [0.717, 1.165) is 0 Å². The lowest BCUT2D eigenvalue weighted by molar-refractivity contribution is -0.142. The normalized spacial score (nSPS) is 11.7. The fourth-order valence-corrected chi connectivity index (χ4v) is 1.83. The molecular formula is C15H18F2N2O5. The minimum atomic E-state index is -3.08. The number of amides is 2. The number of carboxylic acid groups (broad SMARTS) is 1. The van der Waals surface area contributed by atoms with Crippen molar-refractivity contribution in [3.8, 4) is 5.75 Å². The molecule has 1 aromatic rings. The number of aliphatic carboxylic acids is 1. The smallest absolute Gasteiger partial charge is 0.387 e. The molecule has 24 heavy (non-hydrogen) atoms. The number of carbonyl (C=O) groups is 3. The van der Waals surface area contributed by atoms with Crippen molar-refractivity contribution in [2.24, 2.45) is 5.92 Å². The van der Waals surface area contributed by atoms with Crippen molar-refractivity contribution in [1.82, 2.24) is 10.2 Å². The van der Waals surface area contributed by atoms with Crippen LogP contribution in [0.1, 0.15) is 17.3 Å². The molecule has 0 bridgehead atoms. The summed E-state index contributed by atoms with van der Waals surface area (Å²) in [4.78, 5) is 35.8. The number of hydrogen-bond donors (Lipinski definition) is 2. The number of alkyl halides is 2. The highest BCUT2D eigenvalue weighted by atomic mass is 19.3. The van der Waals surface area contributed by atoms with Gasteiger partial charge in [0.25, 0.3) is 5.91 Å². The van der Waals surface area contributed by atoms with Crippen LogP contribution in [0.5, 0.6) is 5.75 Å². The van der Waals surface area contributed by atoms with Gasteiger partial charge in [-0.05, 0) is 12.1 Å². The molecule has 0 aliphatic carbocycles. The molecule has 0 saturated carbocycles. The average Bonchev–Trinajstić information content (AvgIpc) is 2.51. The van der Waals surface area contributed by atoms with Crippen LogP contribution < -0.4 is 10.1 Å². The summed E-state index contributed by atoms with van der Waals surface area (Å²) in [6, 6.07) is 5.40. The zero-order valence-electron chi connectivity index (χ0n) is 13.2. The predicted molar refractivity (Wildman–Crippen MR) is 79.8 cm³/mol. The van der Waals surface area contributed by atoms with Gasteiger partial charge in [-0.2, -0.15) is 8.78 Å². The topological polar surface area (TPSA) is 95.9 Å². The summed E-state index contributed by atoms with van der Waals surface area (Å²) in [6.07, 6.45) is 0. The number of nitrogens with one attached hydrogen (secondary N) is 1. The Morgan fingerprint density at radius 2 is 1.92 bits per heavy atom. The zero-order chi connectivity index (χ0) is 18.3. The fourth-order valence-electron chi connectivity index (χ4n) is 1.83. The second kappa shape index (κ2) is 8.80. The lowest BCUT2D eigenvalue weighted by Gasteiger charge is -2.19. The number of benzene rings is 1. The number of para-hydroxylation sites is 1. The minimum Gasteiger partial charge on any atom is -0.481 e. The highest BCUT2D eigenvalue weighted by Gasteiger charge is 2.19. The summed E-state index contributed by atoms with van der Waals surface area (Å²) < 4.78 is 28.9. The van der Waals surface area contributed by atoms with Crippen LogP contribution in [0.4, 0.5) is 8.78 Å². The first-order valence-corrected chi connectivity index (χ1v) is 7.01. The van der Waals surface area contributed by atoms with Gasteiger partial charge in [0.2, 0.25) is 5.91 Å². The monoisotopic (exact) mass is 344 g/mol. The SMILES string of the molecule is CC(CN(C)C(=O)CNC(=O)c1ccccc1OC(F)F)C(=O)O. The summed E-state index contributed by atoms with van der Waals surface area (Å²) in [5.41, 5.74) is -0.132. The third kappa shape index (κ3) is 5.82. The van der Waals surface area contributed by atoms with E-state index in [9.17, 15) is 23.2 Å². The van der Waals surface area contributed by atoms with Crippen molar-refractivity contribution in [3.63, 3.8) is 0 Å². The van der Waals surface area contributed by atoms with E-state index in [2.05, 4.69) is 10.1 Å². The highest BCUT2D eigenvalue weighted by molar-refractivity contribution is 5.98. The predicted octanol–water partition coefficient (Wildman–Crippen LogP) is 1.20. The number of ether oxygens (including phenoxy) is 1. The molecule has 2 N–H and O–H groups in total. The molecule has 9 heteroatoms. The number of likely N-dealkylation sites (N-methyl/N-ethyl adjacent to an activating group) is 1. The lowest BCUT2D eigenvalue weighted by atomic mass is 10.1. The van der Waals surface area contributed by atoms with Crippen LogP contribution in [0.15, 0.2) is 24.3 Å². The first-order chi connectivity index (χ1) is 11.2. The summed E-state index contributed by atoms with van der Waals surface area (Å²) in [5, 5.41) is 11.1. The quantitative estimate of drug-likeness (QED) is 0.739. The Balaban J connectivity index is 2.63. The van der Waals surface area contributed by atoms with Gasteiger partial charge in [0.1, 0.15) is 5.75 Å². The van der Waals surface area contributed by atoms with E-state index in [1.165, 1.54) is 43.1 Å². The van der Waals surface area contributed by atoms with E-state index in [-0.39, 0.29) is 17.9 Å². The van der Waals surface area contributed by atoms with Crippen molar-refractivity contribution in [2.45, 2.75) is 13.5 Å². The van der Waals surface area contributed by atoms with Gasteiger partial charge in [0.15, 0.2) is 0 Å². The molecule has 0 fully saturated rings. The number of nitrogens with zero attached hydrogens (tertiary/aromatic N) is 1. The molecule has 2 amide bonds. The maximum absolute atomic E-state index is 12.3. The van der Waals surface area contributed by atoms with Crippen LogP contribution >= 0.6 is 0 Å². The molecule has 1 atom stereocenters. The van der Waals surface area contributed by atoms with Crippen LogP contribution in [0, 0.1) is 5.92 Å². The van der Waals surface area contributed by atoms with Crippen molar-refractivity contribution < 1.29 is 33.0 Å². The second-order valence-electron chi connectivity index (χ2n) is 5.07. The molecule has 1 aromatic carbocycles. The van der Waals surface area contributed by atoms with Gasteiger partial charge in [-0.3, -0.25) is 14.4 Å². The summed E-state index contributed by atoms with van der Waals surface area (Å²) in [7, 11) is 1.40. The van der Waals surface area contributed by atoms with Crippen molar-refractivity contribution in [3.05, 3.63) is 29.8 Å². The maximum atomic E-state index is 12.3. The third-order valence-electron chi connectivity index (χ3n) is 3.14. The molecule has 1 unspecified atom stereocenters. The van der Waals surface area contributed by atoms with Crippen molar-refractivity contribution in [2.75, 3.05) is 20.1 Å². The Hall–Kier alpha value is -2.71. The fraction of sp³-hybridized carbons (Fsp3) is 0.400. The van der Waals surface area contributed by atoms with Crippen LogP contribution in [0.2, 0.25) is 0 Å². The number of carboxylic acids is 1. The summed E-state index contributed by atoms with van der Waals surface area (Å²) >= 11 is 0. The largest absolute Gasteiger partial charge is 0.481 e. The van der Waals surface area contributed by atoms with E-state index in [0.29, 0.717) is 0 Å². The lowest BCUT2D eigenvalue weighted by Crippen LogP contribution is -2.41. The van der Waals surface area contributed by atoms with Crippen molar-refractivity contribution >= 4 is 17.8 Å². The van der Waals surface area contributed by atoms with E-state index in [4.69, 9.17) is 5.11 Å². The molecule has 0 saturated heterocycles. The Kier molecular flexibility index (Phi) is 7.09. The van der Waals surface area contributed by atoms with E-state index < -0.39 is 36.9 Å². The second-order valence-corrected chi connectivity index (χ2v) is 5.07. The molecule has 0 spiro atoms. The van der Waals surface area contributed by atoms with Gasteiger partial charge in [-0.25, -0.2) is 0 Å². The van der Waals surface area contributed by atoms with E-state index in [1.54, 1.807) is 0 Å². The highest BCUT2D eigenvalue weighted by Crippen LogP contribution is 2.19. The molecule has 1 rings (SSSR count). The van der Waals surface area contributed by atoms with Crippen LogP contribution in [-0.2, 0) is 9.59 Å². The van der Waals surface area contributed by atoms with Gasteiger partial charge >= 0.3 is 12.6 Å². The van der Waals surface area contributed by atoms with Crippen molar-refractivity contribution in [1.29, 1.82) is 0 Å². The molecule has 7 nitrogen and oxygen atoms in total. The van der Waals surface area contributed by atoms with Gasteiger partial charge in [-0.1, -0.05) is 19.1 Å². The van der Waals surface area contributed by atoms with E-state index in [1.807, 2.05) is 0 Å². The minimum absolute atomic E-state index is 0.0187. The van der Waals surface area contributed by atoms with Crippen LogP contribution in [0.3, 0.4) is 0 Å². The Morgan fingerprint density at radius 1 is 1.29 bits per heavy atom. The standard InChI is InChI=1S/C15H18F2N2O5/c1-9(14(22)23)8-19(2)12(20)7-18-13(21)10-5-3-4-6-11(10)24-15(16)17/h3-6,9,15H,7-8H2,1-2H3,(H,18,21)(H,22,23). The van der Waals surface area contributed by atoms with Gasteiger partial charge in [-0.15, -0.1) is 0 Å². The molecular weight excluding hydrogens is 326 g/mol. The number of carbonyl (C=O) groups excluding carboxylic acids is 2. The first-order valence-electron chi connectivity index (χ1n) is 7.01. The third-order valence-corrected chi connectivity index (χ3v) is 3.14. The molecule has 0 aliphatic rings. The first kappa shape index (κ1) is 19.3. The molecule has 132 valence electrons. The van der Waals surface area contributed by atoms with Crippen LogP contribution in [0.25, 0.3) is 0 Å². The Labute approximate surface area is 137 Å². The Morgan fingerprint density at radius 3 is 2.50 bits per heavy atom. The number of rotatable bonds is 8. The zero-order valence-corrected chi connectivity index (χ0v) is 13.2. The maximum Gasteiger partial charge on any atom is 0.387 e. The summed E-state index contributed by atoms with van der Waals surface area (Å²) in [6.45, 7) is -2.05. The molecule has 0 aromatic heterocycles. The molecule has 0 aliphatic heterocycles. The number of halogens is 2. The Bertz CT molecular complexity index is 609. The molecule has 0 radical (unpaired) electrons. The molecule has 0 heterocycles. The van der Waals surface area contributed by atoms with E-state index >= 15 is 0 Å².